The average molecular weight is 295 g/mol. The fourth-order valence-corrected chi connectivity index (χ4v) is 2.96. The third-order valence-corrected chi connectivity index (χ3v) is 4.47. The topological polar surface area (TPSA) is 15.3 Å². The molecule has 112 valence electrons. The molecule has 0 amide bonds. The van der Waals surface area contributed by atoms with Crippen LogP contribution in [0, 0.1) is 5.92 Å². The van der Waals surface area contributed by atoms with E-state index in [0.29, 0.717) is 12.1 Å². The molecular weight excluding hydrogens is 268 g/mol. The highest BCUT2D eigenvalue weighted by molar-refractivity contribution is 6.30. The highest BCUT2D eigenvalue weighted by Crippen LogP contribution is 2.41. The second kappa shape index (κ2) is 7.44. The van der Waals surface area contributed by atoms with Crippen molar-refractivity contribution in [2.75, 3.05) is 19.6 Å². The molecule has 1 aliphatic carbocycles. The van der Waals surface area contributed by atoms with Gasteiger partial charge in [-0.05, 0) is 56.5 Å². The molecular formula is C17H27ClN2. The van der Waals surface area contributed by atoms with Crippen LogP contribution in [-0.4, -0.2) is 30.6 Å². The van der Waals surface area contributed by atoms with E-state index in [2.05, 4.69) is 43.1 Å². The van der Waals surface area contributed by atoms with Crippen LogP contribution in [-0.2, 0) is 0 Å². The second-order valence-corrected chi connectivity index (χ2v) is 6.36. The first kappa shape index (κ1) is 15.8. The Bertz CT molecular complexity index is 396. The third kappa shape index (κ3) is 4.47. The number of halogens is 1. The first-order valence-corrected chi connectivity index (χ1v) is 8.25. The van der Waals surface area contributed by atoms with E-state index in [1.54, 1.807) is 0 Å². The summed E-state index contributed by atoms with van der Waals surface area (Å²) in [7, 11) is 0. The van der Waals surface area contributed by atoms with E-state index in [0.717, 1.165) is 30.6 Å². The van der Waals surface area contributed by atoms with Gasteiger partial charge in [-0.25, -0.2) is 0 Å². The Hall–Kier alpha value is -0.570. The van der Waals surface area contributed by atoms with Crippen molar-refractivity contribution in [1.82, 2.24) is 10.2 Å². The van der Waals surface area contributed by atoms with Crippen molar-refractivity contribution in [1.29, 1.82) is 0 Å². The maximum atomic E-state index is 6.00. The zero-order valence-electron chi connectivity index (χ0n) is 12.9. The molecule has 0 bridgehead atoms. The van der Waals surface area contributed by atoms with Gasteiger partial charge < -0.3 is 10.2 Å². The Balaban J connectivity index is 1.97. The van der Waals surface area contributed by atoms with Gasteiger partial charge in [0.15, 0.2) is 0 Å². The molecule has 0 aliphatic heterocycles. The monoisotopic (exact) mass is 294 g/mol. The van der Waals surface area contributed by atoms with Crippen LogP contribution >= 0.6 is 11.6 Å². The Morgan fingerprint density at radius 3 is 2.30 bits per heavy atom. The SMILES string of the molecule is CCN(CC)CC(C)NC(c1ccc(Cl)cc1)C1CC1. The van der Waals surface area contributed by atoms with E-state index in [1.165, 1.54) is 18.4 Å². The minimum Gasteiger partial charge on any atom is -0.306 e. The number of benzene rings is 1. The van der Waals surface area contributed by atoms with Gasteiger partial charge in [-0.2, -0.15) is 0 Å². The van der Waals surface area contributed by atoms with Gasteiger partial charge in [0.05, 0.1) is 0 Å². The van der Waals surface area contributed by atoms with Crippen molar-refractivity contribution in [3.8, 4) is 0 Å². The van der Waals surface area contributed by atoms with Crippen molar-refractivity contribution < 1.29 is 0 Å². The molecule has 2 unspecified atom stereocenters. The van der Waals surface area contributed by atoms with Gasteiger partial charge in [-0.3, -0.25) is 0 Å². The molecule has 1 N–H and O–H groups in total. The lowest BCUT2D eigenvalue weighted by Gasteiger charge is -2.28. The molecule has 0 spiro atoms. The quantitative estimate of drug-likeness (QED) is 0.776. The third-order valence-electron chi connectivity index (χ3n) is 4.21. The van der Waals surface area contributed by atoms with Crippen LogP contribution in [0.5, 0.6) is 0 Å². The molecule has 2 nitrogen and oxygen atoms in total. The van der Waals surface area contributed by atoms with Gasteiger partial charge in [-0.1, -0.05) is 37.6 Å². The maximum Gasteiger partial charge on any atom is 0.0406 e. The number of likely N-dealkylation sites (N-methyl/N-ethyl adjacent to an activating group) is 1. The van der Waals surface area contributed by atoms with Gasteiger partial charge >= 0.3 is 0 Å². The first-order chi connectivity index (χ1) is 9.63. The van der Waals surface area contributed by atoms with Crippen molar-refractivity contribution in [3.63, 3.8) is 0 Å². The summed E-state index contributed by atoms with van der Waals surface area (Å²) in [6.45, 7) is 10.1. The zero-order chi connectivity index (χ0) is 14.5. The van der Waals surface area contributed by atoms with E-state index in [1.807, 2.05) is 12.1 Å². The summed E-state index contributed by atoms with van der Waals surface area (Å²) in [5.41, 5.74) is 1.38. The molecule has 20 heavy (non-hydrogen) atoms. The van der Waals surface area contributed by atoms with Crippen LogP contribution in [0.15, 0.2) is 24.3 Å². The van der Waals surface area contributed by atoms with Crippen LogP contribution < -0.4 is 5.32 Å². The fourth-order valence-electron chi connectivity index (χ4n) is 2.83. The van der Waals surface area contributed by atoms with Gasteiger partial charge in [0, 0.05) is 23.7 Å². The number of hydrogen-bond donors (Lipinski definition) is 1. The molecule has 1 saturated carbocycles. The number of nitrogens with zero attached hydrogens (tertiary/aromatic N) is 1. The molecule has 0 radical (unpaired) electrons. The summed E-state index contributed by atoms with van der Waals surface area (Å²) in [5.74, 6) is 0.801. The van der Waals surface area contributed by atoms with Crippen LogP contribution in [0.25, 0.3) is 0 Å². The summed E-state index contributed by atoms with van der Waals surface area (Å²) < 4.78 is 0. The molecule has 2 atom stereocenters. The molecule has 0 saturated heterocycles. The first-order valence-electron chi connectivity index (χ1n) is 7.87. The van der Waals surface area contributed by atoms with E-state index >= 15 is 0 Å². The lowest BCUT2D eigenvalue weighted by molar-refractivity contribution is 0.257. The number of hydrogen-bond acceptors (Lipinski definition) is 2. The summed E-state index contributed by atoms with van der Waals surface area (Å²) in [4.78, 5) is 2.48. The minimum absolute atomic E-state index is 0.484. The summed E-state index contributed by atoms with van der Waals surface area (Å²) in [6.07, 6.45) is 2.69. The smallest absolute Gasteiger partial charge is 0.0406 e. The lowest BCUT2D eigenvalue weighted by Crippen LogP contribution is -2.41. The largest absolute Gasteiger partial charge is 0.306 e. The van der Waals surface area contributed by atoms with Gasteiger partial charge in [-0.15, -0.1) is 0 Å². The Morgan fingerprint density at radius 2 is 1.80 bits per heavy atom. The van der Waals surface area contributed by atoms with Crippen LogP contribution in [0.3, 0.4) is 0 Å². The summed E-state index contributed by atoms with van der Waals surface area (Å²) >= 11 is 6.00. The number of nitrogens with one attached hydrogen (secondary N) is 1. The molecule has 2 rings (SSSR count). The van der Waals surface area contributed by atoms with E-state index in [4.69, 9.17) is 11.6 Å². The van der Waals surface area contributed by atoms with Gasteiger partial charge in [0.1, 0.15) is 0 Å². The molecule has 3 heteroatoms. The van der Waals surface area contributed by atoms with Crippen LogP contribution in [0.4, 0.5) is 0 Å². The highest BCUT2D eigenvalue weighted by atomic mass is 35.5. The Labute approximate surface area is 128 Å². The van der Waals surface area contributed by atoms with Crippen LogP contribution in [0.2, 0.25) is 5.02 Å². The molecule has 1 aliphatic rings. The predicted molar refractivity (Wildman–Crippen MR) is 87.3 cm³/mol. The Kier molecular flexibility index (Phi) is 5.88. The van der Waals surface area contributed by atoms with Crippen molar-refractivity contribution in [2.24, 2.45) is 5.92 Å². The van der Waals surface area contributed by atoms with Gasteiger partial charge in [0.25, 0.3) is 0 Å². The molecule has 0 aromatic heterocycles. The van der Waals surface area contributed by atoms with E-state index < -0.39 is 0 Å². The van der Waals surface area contributed by atoms with Crippen LogP contribution in [0.1, 0.15) is 45.2 Å². The van der Waals surface area contributed by atoms with Crippen molar-refractivity contribution in [2.45, 2.75) is 45.7 Å². The standard InChI is InChI=1S/C17H27ClN2/c1-4-20(5-2)12-13(3)19-17(14-6-7-14)15-8-10-16(18)11-9-15/h8-11,13-14,17,19H,4-7,12H2,1-3H3. The fraction of sp³-hybridized carbons (Fsp3) is 0.647. The van der Waals surface area contributed by atoms with E-state index in [-0.39, 0.29) is 0 Å². The summed E-state index contributed by atoms with van der Waals surface area (Å²) in [5, 5.41) is 4.65. The maximum absolute atomic E-state index is 6.00. The molecule has 1 fully saturated rings. The normalized spacial score (nSPS) is 18.2. The predicted octanol–water partition coefficient (Wildman–Crippen LogP) is 4.11. The molecule has 1 aromatic carbocycles. The lowest BCUT2D eigenvalue weighted by atomic mass is 10.0. The van der Waals surface area contributed by atoms with Crippen molar-refractivity contribution in [3.05, 3.63) is 34.9 Å². The molecule has 0 heterocycles. The zero-order valence-corrected chi connectivity index (χ0v) is 13.7. The van der Waals surface area contributed by atoms with Gasteiger partial charge in [0.2, 0.25) is 0 Å². The highest BCUT2D eigenvalue weighted by Gasteiger charge is 2.33. The minimum atomic E-state index is 0.484. The second-order valence-electron chi connectivity index (χ2n) is 5.92. The summed E-state index contributed by atoms with van der Waals surface area (Å²) in [6, 6.07) is 9.34. The van der Waals surface area contributed by atoms with E-state index in [9.17, 15) is 0 Å². The van der Waals surface area contributed by atoms with Crippen molar-refractivity contribution >= 4 is 11.6 Å². The average Bonchev–Trinajstić information content (AvgIpc) is 3.28. The number of rotatable bonds is 8. The molecule has 1 aromatic rings. The Morgan fingerprint density at radius 1 is 1.20 bits per heavy atom.